The van der Waals surface area contributed by atoms with Crippen LogP contribution < -0.4 is 11.0 Å². The molecule has 1 aromatic heterocycles. The molecule has 9 heteroatoms. The second kappa shape index (κ2) is 9.49. The average molecular weight is 429 g/mol. The zero-order valence-corrected chi connectivity index (χ0v) is 17.4. The highest BCUT2D eigenvalue weighted by molar-refractivity contribution is 5.95. The Morgan fingerprint density at radius 2 is 1.84 bits per heavy atom. The molecular weight excluding hydrogens is 410 g/mol. The summed E-state index contributed by atoms with van der Waals surface area (Å²) in [6, 6.07) is 14.8. The fraction of sp³-hybridized carbons (Fsp3) is 0.130. The third-order valence-electron chi connectivity index (χ3n) is 4.79. The number of hydrogen-bond acceptors (Lipinski definition) is 6. The molecule has 0 spiro atoms. The first-order chi connectivity index (χ1) is 15.3. The van der Waals surface area contributed by atoms with Gasteiger partial charge in [0, 0.05) is 5.56 Å². The molecule has 0 unspecified atom stereocenters. The topological polar surface area (TPSA) is 137 Å². The van der Waals surface area contributed by atoms with E-state index >= 15 is 0 Å². The van der Waals surface area contributed by atoms with Gasteiger partial charge in [-0.3, -0.25) is 9.59 Å². The number of hydrogen-bond donors (Lipinski definition) is 2. The van der Waals surface area contributed by atoms with Crippen molar-refractivity contribution >= 4 is 18.1 Å². The first-order valence-electron chi connectivity index (χ1n) is 9.65. The van der Waals surface area contributed by atoms with Gasteiger partial charge in [-0.1, -0.05) is 31.2 Å². The molecule has 0 saturated carbocycles. The van der Waals surface area contributed by atoms with Crippen molar-refractivity contribution in [2.75, 3.05) is 0 Å². The van der Waals surface area contributed by atoms with E-state index in [1.165, 1.54) is 37.4 Å². The van der Waals surface area contributed by atoms with Gasteiger partial charge >= 0.3 is 5.97 Å². The van der Waals surface area contributed by atoms with E-state index in [0.29, 0.717) is 11.3 Å². The highest BCUT2D eigenvalue weighted by Gasteiger charge is 2.20. The summed E-state index contributed by atoms with van der Waals surface area (Å²) in [5.74, 6) is -1.74. The van der Waals surface area contributed by atoms with Gasteiger partial charge in [-0.15, -0.1) is 0 Å². The van der Waals surface area contributed by atoms with Gasteiger partial charge < -0.3 is 5.11 Å². The van der Waals surface area contributed by atoms with Gasteiger partial charge in [-0.2, -0.15) is 20.1 Å². The first kappa shape index (κ1) is 22.1. The number of amides is 1. The molecule has 3 aromatic rings. The molecule has 3 rings (SSSR count). The van der Waals surface area contributed by atoms with Gasteiger partial charge in [-0.05, 0) is 48.7 Å². The number of nitrogens with zero attached hydrogens (tertiary/aromatic N) is 4. The SMILES string of the molecule is CCc1ccc(-n2nc(C(=O)N/N=C/c3ccc(C(=O)O)cc3)c(C)c(C#N)c2=O)cc1. The van der Waals surface area contributed by atoms with Gasteiger partial charge in [0.05, 0.1) is 17.5 Å². The van der Waals surface area contributed by atoms with Crippen molar-refractivity contribution in [3.63, 3.8) is 0 Å². The number of nitrogens with one attached hydrogen (secondary N) is 1. The van der Waals surface area contributed by atoms with Crippen LogP contribution in [-0.2, 0) is 6.42 Å². The molecule has 0 fully saturated rings. The normalized spacial score (nSPS) is 10.7. The minimum absolute atomic E-state index is 0.112. The second-order valence-electron chi connectivity index (χ2n) is 6.82. The van der Waals surface area contributed by atoms with Gasteiger partial charge in [0.25, 0.3) is 11.5 Å². The van der Waals surface area contributed by atoms with Crippen molar-refractivity contribution in [1.82, 2.24) is 15.2 Å². The Hall–Kier alpha value is -4.58. The van der Waals surface area contributed by atoms with Gasteiger partial charge in [0.1, 0.15) is 11.6 Å². The molecule has 0 aliphatic rings. The Morgan fingerprint density at radius 3 is 2.41 bits per heavy atom. The van der Waals surface area contributed by atoms with Crippen molar-refractivity contribution in [2.45, 2.75) is 20.3 Å². The smallest absolute Gasteiger partial charge is 0.335 e. The third-order valence-corrected chi connectivity index (χ3v) is 4.79. The highest BCUT2D eigenvalue weighted by atomic mass is 16.4. The molecule has 0 aliphatic heterocycles. The quantitative estimate of drug-likeness (QED) is 0.456. The molecule has 1 heterocycles. The number of carboxylic acid groups (broad SMARTS) is 1. The number of rotatable bonds is 6. The number of carbonyl (C=O) groups excluding carboxylic acids is 1. The molecule has 32 heavy (non-hydrogen) atoms. The van der Waals surface area contributed by atoms with Crippen LogP contribution in [0, 0.1) is 18.3 Å². The monoisotopic (exact) mass is 429 g/mol. The lowest BCUT2D eigenvalue weighted by molar-refractivity contribution is 0.0696. The zero-order chi connectivity index (χ0) is 23.3. The van der Waals surface area contributed by atoms with Crippen molar-refractivity contribution < 1.29 is 14.7 Å². The maximum atomic E-state index is 12.7. The lowest BCUT2D eigenvalue weighted by atomic mass is 10.1. The predicted molar refractivity (Wildman–Crippen MR) is 117 cm³/mol. The first-order valence-corrected chi connectivity index (χ1v) is 9.65. The third kappa shape index (κ3) is 4.60. The standard InChI is InChI=1S/C23H19N5O4/c1-3-15-6-10-18(11-7-15)28-22(30)19(12-24)14(2)20(27-28)21(29)26-25-13-16-4-8-17(9-5-16)23(31)32/h4-11,13H,3H2,1-2H3,(H,26,29)(H,31,32)/b25-13+. The molecule has 0 radical (unpaired) electrons. The lowest BCUT2D eigenvalue weighted by Crippen LogP contribution is -2.31. The number of carboxylic acids is 1. The van der Waals surface area contributed by atoms with Gasteiger partial charge in [0.15, 0.2) is 5.69 Å². The number of aromatic nitrogens is 2. The van der Waals surface area contributed by atoms with Crippen LogP contribution >= 0.6 is 0 Å². The van der Waals surface area contributed by atoms with Crippen LogP contribution in [0.4, 0.5) is 0 Å². The van der Waals surface area contributed by atoms with Crippen molar-refractivity contribution in [3.8, 4) is 11.8 Å². The Morgan fingerprint density at radius 1 is 1.19 bits per heavy atom. The molecule has 0 aliphatic carbocycles. The number of hydrazone groups is 1. The lowest BCUT2D eigenvalue weighted by Gasteiger charge is -2.11. The van der Waals surface area contributed by atoms with E-state index in [0.717, 1.165) is 16.7 Å². The molecule has 0 saturated heterocycles. The number of nitriles is 1. The summed E-state index contributed by atoms with van der Waals surface area (Å²) in [5.41, 5.74) is 3.75. The van der Waals surface area contributed by atoms with E-state index in [-0.39, 0.29) is 22.4 Å². The molecule has 9 nitrogen and oxygen atoms in total. The maximum absolute atomic E-state index is 12.7. The summed E-state index contributed by atoms with van der Waals surface area (Å²) >= 11 is 0. The van der Waals surface area contributed by atoms with Gasteiger partial charge in [-0.25, -0.2) is 10.2 Å². The summed E-state index contributed by atoms with van der Waals surface area (Å²) < 4.78 is 1.02. The Balaban J connectivity index is 1.90. The number of carbonyl (C=O) groups is 2. The van der Waals surface area contributed by atoms with Gasteiger partial charge in [0.2, 0.25) is 0 Å². The Kier molecular flexibility index (Phi) is 6.56. The molecule has 1 amide bonds. The van der Waals surface area contributed by atoms with E-state index in [1.807, 2.05) is 25.1 Å². The molecule has 0 bridgehead atoms. The number of aromatic carboxylic acids is 1. The summed E-state index contributed by atoms with van der Waals surface area (Å²) in [7, 11) is 0. The van der Waals surface area contributed by atoms with Crippen LogP contribution in [0.5, 0.6) is 0 Å². The van der Waals surface area contributed by atoms with Crippen LogP contribution in [0.2, 0.25) is 0 Å². The minimum Gasteiger partial charge on any atom is -0.478 e. The van der Waals surface area contributed by atoms with E-state index < -0.39 is 17.4 Å². The van der Waals surface area contributed by atoms with Crippen LogP contribution in [-0.4, -0.2) is 33.0 Å². The van der Waals surface area contributed by atoms with Crippen LogP contribution in [0.15, 0.2) is 58.4 Å². The summed E-state index contributed by atoms with van der Waals surface area (Å²) in [6.45, 7) is 3.48. The van der Waals surface area contributed by atoms with E-state index in [2.05, 4.69) is 15.6 Å². The molecule has 160 valence electrons. The van der Waals surface area contributed by atoms with Crippen LogP contribution in [0.25, 0.3) is 5.69 Å². The maximum Gasteiger partial charge on any atom is 0.335 e. The van der Waals surface area contributed by atoms with E-state index in [1.54, 1.807) is 12.1 Å². The molecule has 2 N–H and O–H groups in total. The predicted octanol–water partition coefficient (Wildman–Crippen LogP) is 2.44. The molecular formula is C23H19N5O4. The molecule has 2 aromatic carbocycles. The number of benzene rings is 2. The number of aryl methyl sites for hydroxylation is 1. The second-order valence-corrected chi connectivity index (χ2v) is 6.82. The van der Waals surface area contributed by atoms with Crippen molar-refractivity contribution in [3.05, 3.63) is 92.4 Å². The van der Waals surface area contributed by atoms with E-state index in [9.17, 15) is 19.6 Å². The fourth-order valence-corrected chi connectivity index (χ4v) is 2.93. The average Bonchev–Trinajstić information content (AvgIpc) is 2.80. The summed E-state index contributed by atoms with van der Waals surface area (Å²) in [4.78, 5) is 36.3. The van der Waals surface area contributed by atoms with E-state index in [4.69, 9.17) is 5.11 Å². The van der Waals surface area contributed by atoms with Crippen LogP contribution in [0.1, 0.15) is 50.0 Å². The minimum atomic E-state index is -1.05. The van der Waals surface area contributed by atoms with Crippen LogP contribution in [0.3, 0.4) is 0 Å². The zero-order valence-electron chi connectivity index (χ0n) is 17.4. The largest absolute Gasteiger partial charge is 0.478 e. The van der Waals surface area contributed by atoms with Crippen molar-refractivity contribution in [1.29, 1.82) is 5.26 Å². The molecule has 0 atom stereocenters. The summed E-state index contributed by atoms with van der Waals surface area (Å²) in [5, 5.41) is 26.4. The fourth-order valence-electron chi connectivity index (χ4n) is 2.93. The van der Waals surface area contributed by atoms with Crippen molar-refractivity contribution in [2.24, 2.45) is 5.10 Å². The Labute approximate surface area is 183 Å². The Bertz CT molecular complexity index is 1300. The highest BCUT2D eigenvalue weighted by Crippen LogP contribution is 2.12. The summed E-state index contributed by atoms with van der Waals surface area (Å²) in [6.07, 6.45) is 2.16.